The average molecular weight is 588 g/mol. The molecule has 0 spiro atoms. The molecule has 228 valence electrons. The molecule has 0 unspecified atom stereocenters. The van der Waals surface area contributed by atoms with Crippen LogP contribution in [0.2, 0.25) is 0 Å². The molecule has 1 amide bonds. The standard InChI is InChI=1S/C39H45N3O2/c1-2-44-37-9-5-6-29(23-37)10-11-33-7-3-4-8-35(33)27-41-16-18-42(19-17-41)36-14-12-34(13-15-36)38(43)40-28-39-24-30-20-31(25-39)22-32(21-30)26-39/h3-9,12-15,23,30-32H,2,16-22,24-28H2,1H3,(H,40,43). The van der Waals surface area contributed by atoms with Crippen LogP contribution in [0.1, 0.15) is 72.5 Å². The third-order valence-corrected chi connectivity index (χ3v) is 10.6. The third kappa shape index (κ3) is 6.52. The Hall–Kier alpha value is -3.75. The topological polar surface area (TPSA) is 44.8 Å². The van der Waals surface area contributed by atoms with E-state index in [0.717, 1.165) is 79.5 Å². The monoisotopic (exact) mass is 587 g/mol. The van der Waals surface area contributed by atoms with Crippen LogP contribution < -0.4 is 15.0 Å². The van der Waals surface area contributed by atoms with Gasteiger partial charge in [0.2, 0.25) is 0 Å². The van der Waals surface area contributed by atoms with Gasteiger partial charge in [0.05, 0.1) is 6.61 Å². The Kier molecular flexibility index (Phi) is 8.37. The summed E-state index contributed by atoms with van der Waals surface area (Å²) in [5.41, 5.74) is 5.65. The molecule has 4 bridgehead atoms. The van der Waals surface area contributed by atoms with E-state index < -0.39 is 0 Å². The van der Waals surface area contributed by atoms with E-state index in [9.17, 15) is 4.79 Å². The van der Waals surface area contributed by atoms with E-state index in [0.29, 0.717) is 12.0 Å². The molecule has 5 heteroatoms. The van der Waals surface area contributed by atoms with E-state index in [2.05, 4.69) is 63.4 Å². The van der Waals surface area contributed by atoms with Gasteiger partial charge < -0.3 is 15.0 Å². The van der Waals surface area contributed by atoms with Crippen molar-refractivity contribution in [3.63, 3.8) is 0 Å². The van der Waals surface area contributed by atoms with Crippen molar-refractivity contribution in [3.05, 3.63) is 95.1 Å². The van der Waals surface area contributed by atoms with Crippen molar-refractivity contribution in [1.29, 1.82) is 0 Å². The first-order valence-electron chi connectivity index (χ1n) is 16.7. The van der Waals surface area contributed by atoms with Gasteiger partial charge in [-0.3, -0.25) is 9.69 Å². The van der Waals surface area contributed by atoms with Crippen LogP contribution in [0.25, 0.3) is 0 Å². The van der Waals surface area contributed by atoms with Crippen LogP contribution in [0.5, 0.6) is 5.75 Å². The lowest BCUT2D eigenvalue weighted by Gasteiger charge is -2.56. The highest BCUT2D eigenvalue weighted by atomic mass is 16.5. The fraction of sp³-hybridized carbons (Fsp3) is 0.462. The molecule has 1 aliphatic heterocycles. The van der Waals surface area contributed by atoms with Crippen molar-refractivity contribution in [2.75, 3.05) is 44.2 Å². The summed E-state index contributed by atoms with van der Waals surface area (Å²) in [6.07, 6.45) is 8.30. The van der Waals surface area contributed by atoms with Crippen LogP contribution in [0.3, 0.4) is 0 Å². The number of piperazine rings is 1. The molecule has 0 aromatic heterocycles. The highest BCUT2D eigenvalue weighted by molar-refractivity contribution is 5.94. The number of hydrogen-bond acceptors (Lipinski definition) is 4. The number of carbonyl (C=O) groups excluding carboxylic acids is 1. The first-order chi connectivity index (χ1) is 21.5. The molecule has 4 saturated carbocycles. The summed E-state index contributed by atoms with van der Waals surface area (Å²) in [6, 6.07) is 24.7. The van der Waals surface area contributed by atoms with Crippen LogP contribution in [-0.4, -0.2) is 50.1 Å². The van der Waals surface area contributed by atoms with Crippen LogP contribution in [-0.2, 0) is 6.54 Å². The largest absolute Gasteiger partial charge is 0.494 e. The molecule has 3 aromatic rings. The molecule has 8 rings (SSSR count). The molecule has 1 heterocycles. The third-order valence-electron chi connectivity index (χ3n) is 10.6. The van der Waals surface area contributed by atoms with Gasteiger partial charge in [-0.05, 0) is 123 Å². The SMILES string of the molecule is CCOc1cccc(C#Cc2ccccc2CN2CCN(c3ccc(C(=O)NCC45CC6CC(CC(C6)C4)C5)cc3)CC2)c1. The minimum Gasteiger partial charge on any atom is -0.494 e. The van der Waals surface area contributed by atoms with Crippen molar-refractivity contribution in [1.82, 2.24) is 10.2 Å². The van der Waals surface area contributed by atoms with Gasteiger partial charge in [-0.25, -0.2) is 0 Å². The quantitative estimate of drug-likeness (QED) is 0.296. The van der Waals surface area contributed by atoms with E-state index in [1.807, 2.05) is 43.3 Å². The maximum atomic E-state index is 13.1. The lowest BCUT2D eigenvalue weighted by atomic mass is 9.49. The predicted molar refractivity (Wildman–Crippen MR) is 177 cm³/mol. The summed E-state index contributed by atoms with van der Waals surface area (Å²) in [7, 11) is 0. The zero-order valence-electron chi connectivity index (χ0n) is 26.1. The Morgan fingerprint density at radius 1 is 0.864 bits per heavy atom. The molecule has 0 atom stereocenters. The molecule has 1 N–H and O–H groups in total. The first-order valence-corrected chi connectivity index (χ1v) is 16.7. The maximum absolute atomic E-state index is 13.1. The zero-order valence-corrected chi connectivity index (χ0v) is 26.1. The van der Waals surface area contributed by atoms with Gasteiger partial charge in [0.1, 0.15) is 5.75 Å². The maximum Gasteiger partial charge on any atom is 0.251 e. The number of rotatable bonds is 8. The van der Waals surface area contributed by atoms with Crippen LogP contribution >= 0.6 is 0 Å². The van der Waals surface area contributed by atoms with Gasteiger partial charge in [0.25, 0.3) is 5.91 Å². The molecule has 44 heavy (non-hydrogen) atoms. The first kappa shape index (κ1) is 29.0. The smallest absolute Gasteiger partial charge is 0.251 e. The second-order valence-corrected chi connectivity index (χ2v) is 13.8. The number of anilines is 1. The van der Waals surface area contributed by atoms with Gasteiger partial charge >= 0.3 is 0 Å². The van der Waals surface area contributed by atoms with Crippen LogP contribution in [0.15, 0.2) is 72.8 Å². The lowest BCUT2D eigenvalue weighted by Crippen LogP contribution is -2.51. The van der Waals surface area contributed by atoms with Gasteiger partial charge in [-0.1, -0.05) is 36.1 Å². The molecule has 5 fully saturated rings. The normalized spacial score (nSPS) is 25.8. The summed E-state index contributed by atoms with van der Waals surface area (Å²) in [4.78, 5) is 18.0. The number of hydrogen-bond donors (Lipinski definition) is 1. The van der Waals surface area contributed by atoms with Crippen LogP contribution in [0, 0.1) is 35.0 Å². The van der Waals surface area contributed by atoms with E-state index in [4.69, 9.17) is 4.74 Å². The van der Waals surface area contributed by atoms with Crippen LogP contribution in [0.4, 0.5) is 5.69 Å². The van der Waals surface area contributed by atoms with E-state index in [-0.39, 0.29) is 5.91 Å². The van der Waals surface area contributed by atoms with Crippen molar-refractivity contribution in [3.8, 4) is 17.6 Å². The molecule has 3 aromatic carbocycles. The molecule has 5 aliphatic rings. The lowest BCUT2D eigenvalue weighted by molar-refractivity contribution is -0.0503. The Balaban J connectivity index is 0.913. The minimum atomic E-state index is 0.0841. The number of ether oxygens (including phenoxy) is 1. The Morgan fingerprint density at radius 3 is 2.27 bits per heavy atom. The van der Waals surface area contributed by atoms with Gasteiger partial charge in [-0.2, -0.15) is 0 Å². The Labute approximate surface area is 263 Å². The Morgan fingerprint density at radius 2 is 1.57 bits per heavy atom. The number of nitrogens with one attached hydrogen (secondary N) is 1. The van der Waals surface area contributed by atoms with E-state index >= 15 is 0 Å². The molecular formula is C39H45N3O2. The summed E-state index contributed by atoms with van der Waals surface area (Å²) < 4.78 is 5.63. The van der Waals surface area contributed by atoms with E-state index in [1.165, 1.54) is 49.8 Å². The number of nitrogens with zero attached hydrogens (tertiary/aromatic N) is 2. The fourth-order valence-electron chi connectivity index (χ4n) is 8.85. The summed E-state index contributed by atoms with van der Waals surface area (Å²) in [5.74, 6) is 10.4. The van der Waals surface area contributed by atoms with Gasteiger partial charge in [0, 0.05) is 61.6 Å². The zero-order chi connectivity index (χ0) is 29.9. The molecule has 1 saturated heterocycles. The van der Waals surface area contributed by atoms with Gasteiger partial charge in [0.15, 0.2) is 0 Å². The molecular weight excluding hydrogens is 542 g/mol. The second-order valence-electron chi connectivity index (χ2n) is 13.8. The minimum absolute atomic E-state index is 0.0841. The predicted octanol–water partition coefficient (Wildman–Crippen LogP) is 6.75. The van der Waals surface area contributed by atoms with Gasteiger partial charge in [-0.15, -0.1) is 0 Å². The summed E-state index contributed by atoms with van der Waals surface area (Å²) >= 11 is 0. The number of amides is 1. The number of carbonyl (C=O) groups is 1. The van der Waals surface area contributed by atoms with Crippen molar-refractivity contribution < 1.29 is 9.53 Å². The molecule has 4 aliphatic carbocycles. The number of benzene rings is 3. The van der Waals surface area contributed by atoms with Crippen molar-refractivity contribution >= 4 is 11.6 Å². The average Bonchev–Trinajstić information content (AvgIpc) is 3.03. The summed E-state index contributed by atoms with van der Waals surface area (Å²) in [6.45, 7) is 8.31. The molecule has 5 nitrogen and oxygen atoms in total. The molecule has 0 radical (unpaired) electrons. The Bertz CT molecular complexity index is 1490. The van der Waals surface area contributed by atoms with Crippen molar-refractivity contribution in [2.45, 2.75) is 52.0 Å². The van der Waals surface area contributed by atoms with E-state index in [1.54, 1.807) is 0 Å². The highest BCUT2D eigenvalue weighted by Gasteiger charge is 2.50. The fourth-order valence-corrected chi connectivity index (χ4v) is 8.85. The second kappa shape index (κ2) is 12.7. The van der Waals surface area contributed by atoms with Crippen molar-refractivity contribution in [2.24, 2.45) is 23.2 Å². The summed E-state index contributed by atoms with van der Waals surface area (Å²) in [5, 5.41) is 3.34. The highest BCUT2D eigenvalue weighted by Crippen LogP contribution is 2.59.